The van der Waals surface area contributed by atoms with Crippen LogP contribution < -0.4 is 10.6 Å². The summed E-state index contributed by atoms with van der Waals surface area (Å²) >= 11 is 0. The van der Waals surface area contributed by atoms with Crippen molar-refractivity contribution in [1.82, 2.24) is 5.32 Å². The summed E-state index contributed by atoms with van der Waals surface area (Å²) in [7, 11) is 1.50. The molecule has 1 amide bonds. The van der Waals surface area contributed by atoms with Crippen molar-refractivity contribution in [3.05, 3.63) is 29.3 Å². The average molecular weight is 269 g/mol. The highest BCUT2D eigenvalue weighted by Gasteiger charge is 2.13. The molecule has 0 spiro atoms. The van der Waals surface area contributed by atoms with Gasteiger partial charge in [-0.2, -0.15) is 5.26 Å². The third kappa shape index (κ3) is 4.19. The molecule has 0 unspecified atom stereocenters. The van der Waals surface area contributed by atoms with Gasteiger partial charge in [0.25, 0.3) is 0 Å². The molecule has 0 saturated carbocycles. The van der Waals surface area contributed by atoms with Crippen molar-refractivity contribution in [3.8, 4) is 6.07 Å². The minimum atomic E-state index is -1.23. The molecule has 19 heavy (non-hydrogen) atoms. The van der Waals surface area contributed by atoms with Crippen molar-refractivity contribution in [1.29, 1.82) is 5.26 Å². The minimum Gasteiger partial charge on any atom is -0.383 e. The van der Waals surface area contributed by atoms with Gasteiger partial charge >= 0.3 is 0 Å². The number of carbonyl (C=O) groups excluding carboxylic acids is 1. The minimum absolute atomic E-state index is 0.168. The lowest BCUT2D eigenvalue weighted by atomic mass is 10.2. The maximum absolute atomic E-state index is 13.5. The molecule has 2 N–H and O–H groups in total. The highest BCUT2D eigenvalue weighted by atomic mass is 19.2. The molecule has 1 aromatic carbocycles. The van der Waals surface area contributed by atoms with Gasteiger partial charge in [0.05, 0.1) is 24.4 Å². The Morgan fingerprint density at radius 1 is 1.42 bits per heavy atom. The van der Waals surface area contributed by atoms with Crippen LogP contribution in [0, 0.1) is 23.0 Å². The van der Waals surface area contributed by atoms with Crippen molar-refractivity contribution >= 4 is 11.6 Å². The summed E-state index contributed by atoms with van der Waals surface area (Å²) in [4.78, 5) is 11.3. The largest absolute Gasteiger partial charge is 0.383 e. The Balaban J connectivity index is 2.57. The van der Waals surface area contributed by atoms with Gasteiger partial charge in [0.1, 0.15) is 6.07 Å². The van der Waals surface area contributed by atoms with Gasteiger partial charge in [0.2, 0.25) is 5.91 Å². The van der Waals surface area contributed by atoms with Gasteiger partial charge in [-0.15, -0.1) is 0 Å². The van der Waals surface area contributed by atoms with Gasteiger partial charge in [0, 0.05) is 13.7 Å². The topological polar surface area (TPSA) is 74.2 Å². The SMILES string of the molecule is COCCNC(=O)CNc1ccc(C#N)c(F)c1F. The van der Waals surface area contributed by atoms with Crippen molar-refractivity contribution in [2.75, 3.05) is 32.1 Å². The van der Waals surface area contributed by atoms with Crippen molar-refractivity contribution in [2.24, 2.45) is 0 Å². The Hall–Kier alpha value is -2.20. The number of nitrogens with zero attached hydrogens (tertiary/aromatic N) is 1. The van der Waals surface area contributed by atoms with Crippen LogP contribution >= 0.6 is 0 Å². The molecule has 0 bridgehead atoms. The Morgan fingerprint density at radius 3 is 2.79 bits per heavy atom. The molecule has 0 aliphatic rings. The molecule has 0 aromatic heterocycles. The molecular formula is C12H13F2N3O2. The van der Waals surface area contributed by atoms with Crippen LogP contribution in [0.15, 0.2) is 12.1 Å². The summed E-state index contributed by atoms with van der Waals surface area (Å²) in [5.74, 6) is -2.78. The van der Waals surface area contributed by atoms with Crippen LogP contribution in [-0.2, 0) is 9.53 Å². The molecule has 0 radical (unpaired) electrons. The fourth-order valence-corrected chi connectivity index (χ4v) is 1.30. The summed E-state index contributed by atoms with van der Waals surface area (Å²) in [5, 5.41) is 13.5. The van der Waals surface area contributed by atoms with E-state index >= 15 is 0 Å². The molecule has 0 fully saturated rings. The molecule has 0 saturated heterocycles. The summed E-state index contributed by atoms with van der Waals surface area (Å²) < 4.78 is 31.5. The van der Waals surface area contributed by atoms with Crippen LogP contribution in [0.4, 0.5) is 14.5 Å². The second-order valence-corrected chi connectivity index (χ2v) is 3.60. The van der Waals surface area contributed by atoms with E-state index in [1.54, 1.807) is 0 Å². The van der Waals surface area contributed by atoms with Crippen molar-refractivity contribution in [3.63, 3.8) is 0 Å². The molecule has 1 aromatic rings. The number of benzene rings is 1. The zero-order chi connectivity index (χ0) is 14.3. The maximum Gasteiger partial charge on any atom is 0.239 e. The first-order chi connectivity index (χ1) is 9.10. The number of nitrogens with one attached hydrogen (secondary N) is 2. The number of ether oxygens (including phenoxy) is 1. The van der Waals surface area contributed by atoms with E-state index in [1.165, 1.54) is 19.2 Å². The average Bonchev–Trinajstić information content (AvgIpc) is 2.41. The van der Waals surface area contributed by atoms with Crippen LogP contribution in [0.1, 0.15) is 5.56 Å². The van der Waals surface area contributed by atoms with E-state index in [-0.39, 0.29) is 23.7 Å². The molecular weight excluding hydrogens is 256 g/mol. The Bertz CT molecular complexity index is 500. The van der Waals surface area contributed by atoms with Gasteiger partial charge in [-0.05, 0) is 12.1 Å². The Morgan fingerprint density at radius 2 is 2.16 bits per heavy atom. The number of hydrogen-bond acceptors (Lipinski definition) is 4. The van der Waals surface area contributed by atoms with Gasteiger partial charge in [-0.25, -0.2) is 8.78 Å². The summed E-state index contributed by atoms with van der Waals surface area (Å²) in [6.45, 7) is 0.499. The standard InChI is InChI=1S/C12H13F2N3O2/c1-19-5-4-16-10(18)7-17-9-3-2-8(6-15)11(13)12(9)14/h2-3,17H,4-5,7H2,1H3,(H,16,18). The van der Waals surface area contributed by atoms with E-state index in [2.05, 4.69) is 10.6 Å². The lowest BCUT2D eigenvalue weighted by Gasteiger charge is -2.09. The molecule has 0 aliphatic carbocycles. The number of rotatable bonds is 6. The first kappa shape index (κ1) is 14.9. The van der Waals surface area contributed by atoms with E-state index in [4.69, 9.17) is 10.00 Å². The van der Waals surface area contributed by atoms with Crippen molar-refractivity contribution < 1.29 is 18.3 Å². The zero-order valence-corrected chi connectivity index (χ0v) is 10.3. The van der Waals surface area contributed by atoms with Crippen LogP contribution in [0.5, 0.6) is 0 Å². The summed E-state index contributed by atoms with van der Waals surface area (Å²) in [5.41, 5.74) is -0.550. The summed E-state index contributed by atoms with van der Waals surface area (Å²) in [6.07, 6.45) is 0. The Kier molecular flexibility index (Phi) is 5.70. The molecule has 102 valence electrons. The number of carbonyl (C=O) groups is 1. The lowest BCUT2D eigenvalue weighted by molar-refractivity contribution is -0.119. The van der Waals surface area contributed by atoms with Crippen LogP contribution in [-0.4, -0.2) is 32.7 Å². The van der Waals surface area contributed by atoms with Gasteiger partial charge < -0.3 is 15.4 Å². The van der Waals surface area contributed by atoms with Gasteiger partial charge in [-0.3, -0.25) is 4.79 Å². The number of halogens is 2. The van der Waals surface area contributed by atoms with Crippen LogP contribution in [0.2, 0.25) is 0 Å². The number of hydrogen-bond donors (Lipinski definition) is 2. The highest BCUT2D eigenvalue weighted by molar-refractivity contribution is 5.80. The monoisotopic (exact) mass is 269 g/mol. The van der Waals surface area contributed by atoms with E-state index in [1.807, 2.05) is 0 Å². The number of methoxy groups -OCH3 is 1. The smallest absolute Gasteiger partial charge is 0.239 e. The van der Waals surface area contributed by atoms with E-state index in [0.717, 1.165) is 6.07 Å². The third-order valence-corrected chi connectivity index (χ3v) is 2.27. The number of nitriles is 1. The summed E-state index contributed by atoms with van der Waals surface area (Å²) in [6, 6.07) is 3.88. The fraction of sp³-hybridized carbons (Fsp3) is 0.333. The van der Waals surface area contributed by atoms with Gasteiger partial charge in [0.15, 0.2) is 11.6 Å². The van der Waals surface area contributed by atoms with E-state index in [0.29, 0.717) is 13.2 Å². The molecule has 0 atom stereocenters. The third-order valence-electron chi connectivity index (χ3n) is 2.27. The van der Waals surface area contributed by atoms with Crippen molar-refractivity contribution in [2.45, 2.75) is 0 Å². The molecule has 0 aliphatic heterocycles. The molecule has 0 heterocycles. The van der Waals surface area contributed by atoms with Crippen LogP contribution in [0.25, 0.3) is 0 Å². The van der Waals surface area contributed by atoms with E-state index < -0.39 is 11.6 Å². The first-order valence-electron chi connectivity index (χ1n) is 5.47. The molecule has 5 nitrogen and oxygen atoms in total. The van der Waals surface area contributed by atoms with Crippen LogP contribution in [0.3, 0.4) is 0 Å². The number of amides is 1. The molecule has 1 rings (SSSR count). The van der Waals surface area contributed by atoms with Gasteiger partial charge in [-0.1, -0.05) is 0 Å². The first-order valence-corrected chi connectivity index (χ1v) is 5.47. The second-order valence-electron chi connectivity index (χ2n) is 3.60. The predicted molar refractivity (Wildman–Crippen MR) is 64.4 cm³/mol. The highest BCUT2D eigenvalue weighted by Crippen LogP contribution is 2.19. The van der Waals surface area contributed by atoms with E-state index in [9.17, 15) is 13.6 Å². The lowest BCUT2D eigenvalue weighted by Crippen LogP contribution is -2.32. The predicted octanol–water partition coefficient (Wildman–Crippen LogP) is 1.01. The maximum atomic E-state index is 13.5. The zero-order valence-electron chi connectivity index (χ0n) is 10.3. The second kappa shape index (κ2) is 7.28. The number of anilines is 1. The molecule has 7 heteroatoms. The Labute approximate surface area is 109 Å². The fourth-order valence-electron chi connectivity index (χ4n) is 1.30. The quantitative estimate of drug-likeness (QED) is 0.756. The normalized spacial score (nSPS) is 9.79.